The van der Waals surface area contributed by atoms with Gasteiger partial charge in [0, 0.05) is 0 Å². The van der Waals surface area contributed by atoms with Crippen LogP contribution in [0.5, 0.6) is 0 Å². The van der Waals surface area contributed by atoms with Crippen molar-refractivity contribution in [1.82, 2.24) is 4.98 Å². The van der Waals surface area contributed by atoms with E-state index in [0.29, 0.717) is 0 Å². The van der Waals surface area contributed by atoms with Crippen LogP contribution in [0.25, 0.3) is 0 Å². The van der Waals surface area contributed by atoms with Gasteiger partial charge in [0.25, 0.3) is 0 Å². The Balaban J connectivity index is 2.12. The molecule has 6 heteroatoms. The van der Waals surface area contributed by atoms with Crippen molar-refractivity contribution in [3.8, 4) is 0 Å². The van der Waals surface area contributed by atoms with Gasteiger partial charge in [-0.3, -0.25) is 4.79 Å². The number of rotatable bonds is 3. The van der Waals surface area contributed by atoms with Crippen LogP contribution in [0.3, 0.4) is 0 Å². The highest BCUT2D eigenvalue weighted by atomic mass is 19.4. The van der Waals surface area contributed by atoms with Crippen molar-refractivity contribution in [3.05, 3.63) is 35.5 Å². The molecular weight excluding hydrogens is 293 g/mol. The predicted octanol–water partition coefficient (Wildman–Crippen LogP) is 4.28. The van der Waals surface area contributed by atoms with Crippen LogP contribution in [0, 0.1) is 17.3 Å². The lowest BCUT2D eigenvalue weighted by molar-refractivity contribution is -0.141. The largest absolute Gasteiger partial charge is 0.433 e. The van der Waals surface area contributed by atoms with Gasteiger partial charge in [0.05, 0.1) is 5.92 Å². The summed E-state index contributed by atoms with van der Waals surface area (Å²) in [5.41, 5.74) is -0.0880. The lowest BCUT2D eigenvalue weighted by Gasteiger charge is -2.09. The number of pyridine rings is 1. The fraction of sp³-hybridized carbons (Fsp3) is 0.500. The van der Waals surface area contributed by atoms with E-state index in [1.807, 2.05) is 33.8 Å². The Labute approximate surface area is 127 Å². The SMILES string of the molecule is CC(C)=C[C@@H]1[C@@H](C(=O)Nc2cccc(C(F)(F)F)n2)C1(C)C. The third kappa shape index (κ3) is 3.31. The van der Waals surface area contributed by atoms with Gasteiger partial charge >= 0.3 is 6.18 Å². The molecule has 2 rings (SSSR count). The van der Waals surface area contributed by atoms with Gasteiger partial charge in [-0.15, -0.1) is 0 Å². The molecule has 1 aromatic rings. The third-order valence-electron chi connectivity index (χ3n) is 4.00. The molecule has 1 saturated carbocycles. The van der Waals surface area contributed by atoms with Crippen molar-refractivity contribution in [2.45, 2.75) is 33.9 Å². The Hall–Kier alpha value is -1.85. The monoisotopic (exact) mass is 312 g/mol. The Morgan fingerprint density at radius 2 is 1.95 bits per heavy atom. The lowest BCUT2D eigenvalue weighted by atomic mass is 10.1. The van der Waals surface area contributed by atoms with Crippen LogP contribution in [0.1, 0.15) is 33.4 Å². The molecule has 1 fully saturated rings. The van der Waals surface area contributed by atoms with E-state index in [9.17, 15) is 18.0 Å². The number of allylic oxidation sites excluding steroid dienone is 2. The molecule has 0 spiro atoms. The highest BCUT2D eigenvalue weighted by Crippen LogP contribution is 2.59. The number of aromatic nitrogens is 1. The molecule has 0 unspecified atom stereocenters. The van der Waals surface area contributed by atoms with E-state index in [4.69, 9.17) is 0 Å². The molecular formula is C16H19F3N2O. The van der Waals surface area contributed by atoms with Crippen molar-refractivity contribution in [1.29, 1.82) is 0 Å². The summed E-state index contributed by atoms with van der Waals surface area (Å²) in [5, 5.41) is 2.50. The summed E-state index contributed by atoms with van der Waals surface area (Å²) < 4.78 is 37.9. The maximum atomic E-state index is 12.6. The first-order chi connectivity index (χ1) is 10.0. The number of carbonyl (C=O) groups is 1. The highest BCUT2D eigenvalue weighted by molar-refractivity contribution is 5.95. The molecule has 0 aromatic carbocycles. The first-order valence-electron chi connectivity index (χ1n) is 7.03. The number of halogens is 3. The minimum Gasteiger partial charge on any atom is -0.310 e. The fourth-order valence-electron chi connectivity index (χ4n) is 2.71. The molecule has 0 bridgehead atoms. The average Bonchev–Trinajstić information content (AvgIpc) is 2.89. The van der Waals surface area contributed by atoms with Crippen molar-refractivity contribution in [3.63, 3.8) is 0 Å². The number of anilines is 1. The fourth-order valence-corrected chi connectivity index (χ4v) is 2.71. The van der Waals surface area contributed by atoms with Crippen molar-refractivity contribution in [2.24, 2.45) is 17.3 Å². The van der Waals surface area contributed by atoms with Gasteiger partial charge in [0.2, 0.25) is 5.91 Å². The molecule has 0 saturated heterocycles. The van der Waals surface area contributed by atoms with Gasteiger partial charge in [0.1, 0.15) is 11.5 Å². The van der Waals surface area contributed by atoms with Crippen LogP contribution in [-0.4, -0.2) is 10.9 Å². The summed E-state index contributed by atoms with van der Waals surface area (Å²) in [6.07, 6.45) is -2.49. The number of carbonyl (C=O) groups excluding carboxylic acids is 1. The summed E-state index contributed by atoms with van der Waals surface area (Å²) in [5.74, 6) is -0.514. The molecule has 1 N–H and O–H groups in total. The standard InChI is InChI=1S/C16H19F3N2O/c1-9(2)8-10-13(15(10,3)4)14(22)21-12-7-5-6-11(20-12)16(17,18)19/h5-8,10,13H,1-4H3,(H,20,21,22)/t10-,13+/m1/s1. The Morgan fingerprint density at radius 1 is 1.32 bits per heavy atom. The molecule has 22 heavy (non-hydrogen) atoms. The predicted molar refractivity (Wildman–Crippen MR) is 78.1 cm³/mol. The molecule has 1 amide bonds. The van der Waals surface area contributed by atoms with Crippen LogP contribution in [-0.2, 0) is 11.0 Å². The number of alkyl halides is 3. The number of nitrogens with zero attached hydrogens (tertiary/aromatic N) is 1. The minimum absolute atomic E-state index is 0.0709. The van der Waals surface area contributed by atoms with Gasteiger partial charge in [-0.05, 0) is 37.3 Å². The van der Waals surface area contributed by atoms with Gasteiger partial charge in [-0.2, -0.15) is 13.2 Å². The first-order valence-corrected chi connectivity index (χ1v) is 7.03. The highest BCUT2D eigenvalue weighted by Gasteiger charge is 2.60. The second kappa shape index (κ2) is 5.41. The molecule has 0 aliphatic heterocycles. The first kappa shape index (κ1) is 16.5. The van der Waals surface area contributed by atoms with Gasteiger partial charge in [0.15, 0.2) is 0 Å². The maximum absolute atomic E-state index is 12.6. The maximum Gasteiger partial charge on any atom is 0.433 e. The topological polar surface area (TPSA) is 42.0 Å². The molecule has 1 aliphatic rings. The summed E-state index contributed by atoms with van der Waals surface area (Å²) in [6.45, 7) is 7.86. The zero-order valence-corrected chi connectivity index (χ0v) is 13.0. The van der Waals surface area contributed by atoms with Crippen molar-refractivity contribution >= 4 is 11.7 Å². The smallest absolute Gasteiger partial charge is 0.310 e. The third-order valence-corrected chi connectivity index (χ3v) is 4.00. The number of amides is 1. The van der Waals surface area contributed by atoms with Crippen LogP contribution < -0.4 is 5.32 Å². The molecule has 1 heterocycles. The zero-order valence-electron chi connectivity index (χ0n) is 13.0. The number of hydrogen-bond acceptors (Lipinski definition) is 2. The quantitative estimate of drug-likeness (QED) is 0.847. The Kier molecular flexibility index (Phi) is 4.06. The lowest BCUT2D eigenvalue weighted by Crippen LogP contribution is -2.19. The van der Waals surface area contributed by atoms with Crippen LogP contribution >= 0.6 is 0 Å². The summed E-state index contributed by atoms with van der Waals surface area (Å²) in [4.78, 5) is 15.7. The van der Waals surface area contributed by atoms with E-state index in [2.05, 4.69) is 10.3 Å². The normalized spacial score (nSPS) is 22.9. The van der Waals surface area contributed by atoms with Crippen molar-refractivity contribution in [2.75, 3.05) is 5.32 Å². The van der Waals surface area contributed by atoms with E-state index in [1.165, 1.54) is 12.1 Å². The van der Waals surface area contributed by atoms with E-state index in [1.54, 1.807) is 0 Å². The van der Waals surface area contributed by atoms with Gasteiger partial charge < -0.3 is 5.32 Å². The number of hydrogen-bond donors (Lipinski definition) is 1. The molecule has 1 aliphatic carbocycles. The molecule has 2 atom stereocenters. The molecule has 1 aromatic heterocycles. The summed E-state index contributed by atoms with van der Waals surface area (Å²) in [6, 6.07) is 3.47. The Morgan fingerprint density at radius 3 is 2.50 bits per heavy atom. The zero-order chi connectivity index (χ0) is 16.7. The number of nitrogens with one attached hydrogen (secondary N) is 1. The van der Waals surface area contributed by atoms with Crippen molar-refractivity contribution < 1.29 is 18.0 Å². The minimum atomic E-state index is -4.52. The molecule has 120 valence electrons. The summed E-state index contributed by atoms with van der Waals surface area (Å²) >= 11 is 0. The average molecular weight is 312 g/mol. The van der Waals surface area contributed by atoms with E-state index < -0.39 is 11.9 Å². The summed E-state index contributed by atoms with van der Waals surface area (Å²) in [7, 11) is 0. The van der Waals surface area contributed by atoms with Gasteiger partial charge in [-0.1, -0.05) is 31.6 Å². The van der Waals surface area contributed by atoms with Crippen LogP contribution in [0.15, 0.2) is 29.8 Å². The second-order valence-electron chi connectivity index (χ2n) is 6.46. The van der Waals surface area contributed by atoms with E-state index >= 15 is 0 Å². The van der Waals surface area contributed by atoms with Crippen LogP contribution in [0.2, 0.25) is 0 Å². The molecule has 3 nitrogen and oxygen atoms in total. The van der Waals surface area contributed by atoms with Crippen LogP contribution in [0.4, 0.5) is 19.0 Å². The Bertz CT molecular complexity index is 616. The van der Waals surface area contributed by atoms with E-state index in [0.717, 1.165) is 11.6 Å². The van der Waals surface area contributed by atoms with Gasteiger partial charge in [-0.25, -0.2) is 4.98 Å². The second-order valence-corrected chi connectivity index (χ2v) is 6.46. The van der Waals surface area contributed by atoms with E-state index in [-0.39, 0.29) is 29.0 Å². The molecule has 0 radical (unpaired) electrons.